The van der Waals surface area contributed by atoms with E-state index in [2.05, 4.69) is 50.6 Å². The fourth-order valence-electron chi connectivity index (χ4n) is 4.72. The first-order valence-electron chi connectivity index (χ1n) is 9.75. The first kappa shape index (κ1) is 16.6. The number of aryl methyl sites for hydroxylation is 3. The van der Waals surface area contributed by atoms with Gasteiger partial charge in [-0.3, -0.25) is 4.90 Å². The Hall–Kier alpha value is -2.54. The van der Waals surface area contributed by atoms with Gasteiger partial charge < -0.3 is 9.09 Å². The molecule has 2 aliphatic heterocycles. The monoisotopic (exact) mass is 364 g/mol. The average molecular weight is 364 g/mol. The van der Waals surface area contributed by atoms with E-state index in [1.54, 1.807) is 6.33 Å². The molecule has 3 atom stereocenters. The molecule has 4 heterocycles. The number of hydrogen-bond acceptors (Lipinski definition) is 6. The van der Waals surface area contributed by atoms with Gasteiger partial charge in [-0.2, -0.15) is 4.98 Å². The predicted molar refractivity (Wildman–Crippen MR) is 99.0 cm³/mol. The Balaban J connectivity index is 1.33. The molecule has 0 spiro atoms. The van der Waals surface area contributed by atoms with Gasteiger partial charge in [-0.05, 0) is 31.4 Å². The molecule has 2 fully saturated rings. The molecule has 2 aromatic heterocycles. The van der Waals surface area contributed by atoms with Crippen LogP contribution in [0.15, 0.2) is 41.2 Å². The van der Waals surface area contributed by atoms with Crippen molar-refractivity contribution in [1.29, 1.82) is 0 Å². The second-order valence-corrected chi connectivity index (χ2v) is 7.62. The van der Waals surface area contributed by atoms with Crippen LogP contribution in [0.1, 0.15) is 54.3 Å². The summed E-state index contributed by atoms with van der Waals surface area (Å²) < 4.78 is 7.49. The summed E-state index contributed by atoms with van der Waals surface area (Å²) in [5.74, 6) is 2.85. The molecule has 7 nitrogen and oxygen atoms in total. The number of rotatable bonds is 5. The van der Waals surface area contributed by atoms with Crippen molar-refractivity contribution in [3.8, 4) is 0 Å². The van der Waals surface area contributed by atoms with E-state index in [-0.39, 0.29) is 0 Å². The van der Waals surface area contributed by atoms with Gasteiger partial charge in [0.2, 0.25) is 5.89 Å². The van der Waals surface area contributed by atoms with Crippen LogP contribution < -0.4 is 0 Å². The average Bonchev–Trinajstić information content (AvgIpc) is 3.45. The molecular formula is C20H24N6O. The van der Waals surface area contributed by atoms with E-state index in [1.807, 2.05) is 11.6 Å². The van der Waals surface area contributed by atoms with Crippen LogP contribution in [0.4, 0.5) is 0 Å². The predicted octanol–water partition coefficient (Wildman–Crippen LogP) is 2.68. The summed E-state index contributed by atoms with van der Waals surface area (Å²) in [5.41, 5.74) is 1.40. The van der Waals surface area contributed by atoms with Gasteiger partial charge in [-0.1, -0.05) is 35.5 Å². The molecule has 2 saturated heterocycles. The van der Waals surface area contributed by atoms with Gasteiger partial charge in [0.15, 0.2) is 5.82 Å². The smallest absolute Gasteiger partial charge is 0.227 e. The first-order valence-corrected chi connectivity index (χ1v) is 9.75. The van der Waals surface area contributed by atoms with E-state index in [9.17, 15) is 0 Å². The summed E-state index contributed by atoms with van der Waals surface area (Å²) >= 11 is 0. The lowest BCUT2D eigenvalue weighted by molar-refractivity contribution is 0.243. The van der Waals surface area contributed by atoms with Crippen molar-refractivity contribution in [1.82, 2.24) is 29.8 Å². The Morgan fingerprint density at radius 3 is 2.89 bits per heavy atom. The molecule has 0 radical (unpaired) electrons. The fraction of sp³-hybridized carbons (Fsp3) is 0.500. The number of aromatic nitrogens is 5. The van der Waals surface area contributed by atoms with E-state index in [4.69, 9.17) is 9.51 Å². The molecule has 140 valence electrons. The highest BCUT2D eigenvalue weighted by atomic mass is 16.5. The van der Waals surface area contributed by atoms with Gasteiger partial charge in [0, 0.05) is 37.9 Å². The van der Waals surface area contributed by atoms with Crippen LogP contribution in [0.2, 0.25) is 0 Å². The maximum Gasteiger partial charge on any atom is 0.227 e. The minimum Gasteiger partial charge on any atom is -0.339 e. The number of fused-ring (bicyclic) bond motifs is 1. The highest BCUT2D eigenvalue weighted by Gasteiger charge is 2.46. The molecule has 3 aromatic rings. The lowest BCUT2D eigenvalue weighted by Gasteiger charge is -2.24. The molecule has 0 saturated carbocycles. The van der Waals surface area contributed by atoms with Gasteiger partial charge in [0.05, 0.1) is 0 Å². The second kappa shape index (κ2) is 6.88. The van der Waals surface area contributed by atoms with Gasteiger partial charge in [0.25, 0.3) is 0 Å². The van der Waals surface area contributed by atoms with Crippen molar-refractivity contribution in [2.24, 2.45) is 7.05 Å². The van der Waals surface area contributed by atoms with E-state index in [0.717, 1.165) is 31.0 Å². The Labute approximate surface area is 158 Å². The van der Waals surface area contributed by atoms with Crippen LogP contribution in [0.5, 0.6) is 0 Å². The van der Waals surface area contributed by atoms with E-state index in [0.29, 0.717) is 30.3 Å². The van der Waals surface area contributed by atoms with E-state index >= 15 is 0 Å². The largest absolute Gasteiger partial charge is 0.339 e. The Morgan fingerprint density at radius 2 is 2.07 bits per heavy atom. The van der Waals surface area contributed by atoms with Crippen LogP contribution in [0.25, 0.3) is 0 Å². The maximum atomic E-state index is 5.57. The second-order valence-electron chi connectivity index (χ2n) is 7.62. The van der Waals surface area contributed by atoms with Gasteiger partial charge in [0.1, 0.15) is 12.2 Å². The number of hydrogen-bond donors (Lipinski definition) is 0. The van der Waals surface area contributed by atoms with Gasteiger partial charge in [-0.15, -0.1) is 10.2 Å². The van der Waals surface area contributed by atoms with Crippen LogP contribution in [0.3, 0.4) is 0 Å². The molecule has 27 heavy (non-hydrogen) atoms. The summed E-state index contributed by atoms with van der Waals surface area (Å²) in [6.45, 7) is 1.16. The Bertz CT molecular complexity index is 904. The van der Waals surface area contributed by atoms with E-state index < -0.39 is 0 Å². The molecule has 5 rings (SSSR count). The summed E-state index contributed by atoms with van der Waals surface area (Å²) in [7, 11) is 1.95. The minimum atomic E-state index is 0.352. The summed E-state index contributed by atoms with van der Waals surface area (Å²) in [5, 5.41) is 12.4. The quantitative estimate of drug-likeness (QED) is 0.693. The number of benzene rings is 1. The molecule has 0 aliphatic carbocycles. The van der Waals surface area contributed by atoms with Crippen LogP contribution in [0, 0.1) is 0 Å². The SMILES string of the molecule is Cn1cnnc1CCc1nc([C@H]2C[C@@H](c3ccccc3)N3CCC[C@H]23)no1. The lowest BCUT2D eigenvalue weighted by Crippen LogP contribution is -2.27. The third-order valence-electron chi connectivity index (χ3n) is 6.05. The normalized spacial score (nSPS) is 25.1. The zero-order valence-electron chi connectivity index (χ0n) is 15.5. The molecule has 0 unspecified atom stereocenters. The van der Waals surface area contributed by atoms with Crippen molar-refractivity contribution >= 4 is 0 Å². The van der Waals surface area contributed by atoms with Crippen molar-refractivity contribution in [3.05, 3.63) is 59.8 Å². The minimum absolute atomic E-state index is 0.352. The Morgan fingerprint density at radius 1 is 1.19 bits per heavy atom. The van der Waals surface area contributed by atoms with Crippen LogP contribution >= 0.6 is 0 Å². The molecular weight excluding hydrogens is 340 g/mol. The molecule has 2 aliphatic rings. The topological polar surface area (TPSA) is 72.9 Å². The molecule has 1 aromatic carbocycles. The standard InChI is InChI=1S/C20H24N6O/c1-25-13-21-23-18(25)9-10-19-22-20(24-27-19)15-12-17(14-6-3-2-4-7-14)26-11-5-8-16(15)26/h2-4,6-7,13,15-17H,5,8-12H2,1H3/t15-,16+,17-/m0/s1. The van der Waals surface area contributed by atoms with Crippen LogP contribution in [-0.4, -0.2) is 42.4 Å². The third kappa shape index (κ3) is 3.06. The van der Waals surface area contributed by atoms with Crippen LogP contribution in [-0.2, 0) is 19.9 Å². The summed E-state index contributed by atoms with van der Waals surface area (Å²) in [4.78, 5) is 7.40. The van der Waals surface area contributed by atoms with Gasteiger partial charge in [-0.25, -0.2) is 0 Å². The van der Waals surface area contributed by atoms with Crippen molar-refractivity contribution in [2.45, 2.75) is 50.1 Å². The van der Waals surface area contributed by atoms with Crippen molar-refractivity contribution in [2.75, 3.05) is 6.54 Å². The molecule has 0 N–H and O–H groups in total. The zero-order chi connectivity index (χ0) is 18.2. The van der Waals surface area contributed by atoms with E-state index in [1.165, 1.54) is 18.4 Å². The van der Waals surface area contributed by atoms with Gasteiger partial charge >= 0.3 is 0 Å². The molecule has 0 bridgehead atoms. The van der Waals surface area contributed by atoms with Crippen molar-refractivity contribution in [3.63, 3.8) is 0 Å². The lowest BCUT2D eigenvalue weighted by atomic mass is 9.94. The Kier molecular flexibility index (Phi) is 4.24. The molecule has 0 amide bonds. The third-order valence-corrected chi connectivity index (χ3v) is 6.05. The first-order chi connectivity index (χ1) is 13.3. The maximum absolute atomic E-state index is 5.57. The summed E-state index contributed by atoms with van der Waals surface area (Å²) in [6, 6.07) is 11.8. The summed E-state index contributed by atoms with van der Waals surface area (Å²) in [6.07, 6.45) is 6.70. The highest BCUT2D eigenvalue weighted by molar-refractivity contribution is 5.24. The van der Waals surface area contributed by atoms with Crippen molar-refractivity contribution < 1.29 is 4.52 Å². The fourth-order valence-corrected chi connectivity index (χ4v) is 4.72. The number of nitrogens with zero attached hydrogens (tertiary/aromatic N) is 6. The highest BCUT2D eigenvalue weighted by Crippen LogP contribution is 2.48. The molecule has 7 heteroatoms. The zero-order valence-corrected chi connectivity index (χ0v) is 15.5.